The Balaban J connectivity index is 1.16. The first-order valence-electron chi connectivity index (χ1n) is 12.0. The quantitative estimate of drug-likeness (QED) is 0.522. The van der Waals surface area contributed by atoms with Gasteiger partial charge in [-0.15, -0.1) is 0 Å². The molecular weight excluding hydrogens is 484 g/mol. The van der Waals surface area contributed by atoms with Crippen molar-refractivity contribution in [1.29, 1.82) is 0 Å². The van der Waals surface area contributed by atoms with E-state index in [1.54, 1.807) is 24.3 Å². The number of hydrogen-bond acceptors (Lipinski definition) is 5. The van der Waals surface area contributed by atoms with Gasteiger partial charge >= 0.3 is 0 Å². The summed E-state index contributed by atoms with van der Waals surface area (Å²) < 4.78 is 28.0. The second-order valence-electron chi connectivity index (χ2n) is 9.29. The summed E-state index contributed by atoms with van der Waals surface area (Å²) in [7, 11) is -3.62. The molecule has 0 saturated carbocycles. The molecule has 0 aliphatic carbocycles. The first-order chi connectivity index (χ1) is 16.9. The Labute approximate surface area is 211 Å². The molecule has 184 valence electrons. The van der Waals surface area contributed by atoms with Gasteiger partial charge in [-0.3, -0.25) is 14.7 Å². The van der Waals surface area contributed by atoms with Crippen molar-refractivity contribution in [3.05, 3.63) is 71.5 Å². The zero-order chi connectivity index (χ0) is 24.4. The Morgan fingerprint density at radius 3 is 2.26 bits per heavy atom. The lowest BCUT2D eigenvalue weighted by molar-refractivity contribution is -0.138. The van der Waals surface area contributed by atoms with Crippen molar-refractivity contribution in [3.63, 3.8) is 0 Å². The van der Waals surface area contributed by atoms with E-state index >= 15 is 0 Å². The molecule has 1 amide bonds. The van der Waals surface area contributed by atoms with Gasteiger partial charge in [0.1, 0.15) is 0 Å². The highest BCUT2D eigenvalue weighted by atomic mass is 35.5. The van der Waals surface area contributed by atoms with E-state index in [-0.39, 0.29) is 16.7 Å². The number of piperidine rings is 1. The smallest absolute Gasteiger partial charge is 0.243 e. The van der Waals surface area contributed by atoms with E-state index in [1.165, 1.54) is 9.87 Å². The topological polar surface area (TPSA) is 73.8 Å². The number of carbonyl (C=O) groups excluding carboxylic acids is 1. The summed E-state index contributed by atoms with van der Waals surface area (Å²) in [6.45, 7) is 4.14. The van der Waals surface area contributed by atoms with E-state index in [0.717, 1.165) is 43.2 Å². The number of likely N-dealkylation sites (tertiary alicyclic amines) is 1. The van der Waals surface area contributed by atoms with Crippen LogP contribution in [-0.2, 0) is 21.4 Å². The Morgan fingerprint density at radius 2 is 1.54 bits per heavy atom. The number of benzene rings is 2. The maximum atomic E-state index is 13.2. The summed E-state index contributed by atoms with van der Waals surface area (Å²) in [5.41, 5.74) is 1.23. The first kappa shape index (κ1) is 24.2. The molecule has 2 fully saturated rings. The van der Waals surface area contributed by atoms with Crippen LogP contribution >= 0.6 is 11.6 Å². The van der Waals surface area contributed by atoms with Gasteiger partial charge in [0.15, 0.2) is 0 Å². The Hall–Kier alpha value is -2.52. The zero-order valence-corrected chi connectivity index (χ0v) is 21.1. The largest absolute Gasteiger partial charge is 0.340 e. The molecule has 0 bridgehead atoms. The lowest BCUT2D eigenvalue weighted by Crippen LogP contribution is -2.52. The molecule has 0 unspecified atom stereocenters. The molecule has 0 radical (unpaired) electrons. The molecule has 3 heterocycles. The summed E-state index contributed by atoms with van der Waals surface area (Å²) in [6.07, 6.45) is 5.29. The van der Waals surface area contributed by atoms with Crippen LogP contribution < -0.4 is 0 Å². The highest BCUT2D eigenvalue weighted by Crippen LogP contribution is 2.26. The molecule has 3 aromatic rings. The number of rotatable bonds is 5. The summed E-state index contributed by atoms with van der Waals surface area (Å²) in [5.74, 6) is 0.173. The third-order valence-electron chi connectivity index (χ3n) is 7.05. The predicted octanol–water partition coefficient (Wildman–Crippen LogP) is 3.63. The third kappa shape index (κ3) is 5.35. The van der Waals surface area contributed by atoms with Crippen molar-refractivity contribution in [2.24, 2.45) is 5.92 Å². The summed E-state index contributed by atoms with van der Waals surface area (Å²) in [5, 5.41) is 2.35. The highest BCUT2D eigenvalue weighted by molar-refractivity contribution is 7.89. The monoisotopic (exact) mass is 512 g/mol. The van der Waals surface area contributed by atoms with Crippen LogP contribution in [-0.4, -0.2) is 72.7 Å². The fourth-order valence-corrected chi connectivity index (χ4v) is 6.63. The average molecular weight is 513 g/mol. The van der Waals surface area contributed by atoms with Crippen LogP contribution in [0.5, 0.6) is 0 Å². The van der Waals surface area contributed by atoms with Crippen molar-refractivity contribution in [2.45, 2.75) is 24.3 Å². The van der Waals surface area contributed by atoms with Gasteiger partial charge in [0.2, 0.25) is 15.9 Å². The molecule has 0 N–H and O–H groups in total. The number of aromatic nitrogens is 1. The van der Waals surface area contributed by atoms with E-state index < -0.39 is 10.0 Å². The molecule has 2 aliphatic rings. The molecule has 0 atom stereocenters. The van der Waals surface area contributed by atoms with Crippen LogP contribution in [0.4, 0.5) is 0 Å². The van der Waals surface area contributed by atoms with Crippen LogP contribution in [0.15, 0.2) is 65.8 Å². The molecule has 2 aliphatic heterocycles. The van der Waals surface area contributed by atoms with E-state index in [0.29, 0.717) is 31.2 Å². The lowest BCUT2D eigenvalue weighted by atomic mass is 9.94. The number of hydrogen-bond donors (Lipinski definition) is 0. The van der Waals surface area contributed by atoms with E-state index in [2.05, 4.69) is 9.88 Å². The fraction of sp³-hybridized carbons (Fsp3) is 0.385. The van der Waals surface area contributed by atoms with Crippen molar-refractivity contribution in [2.75, 3.05) is 39.3 Å². The van der Waals surface area contributed by atoms with Crippen molar-refractivity contribution in [1.82, 2.24) is 19.1 Å². The summed E-state index contributed by atoms with van der Waals surface area (Å²) in [6, 6.07) is 14.6. The fourth-order valence-electron chi connectivity index (χ4n) is 5.00. The number of piperazine rings is 1. The maximum Gasteiger partial charge on any atom is 0.243 e. The maximum absolute atomic E-state index is 13.2. The van der Waals surface area contributed by atoms with Crippen LogP contribution in [0, 0.1) is 5.92 Å². The molecular formula is C26H29ClN4O3S. The van der Waals surface area contributed by atoms with E-state index in [9.17, 15) is 13.2 Å². The molecule has 0 spiro atoms. The minimum atomic E-state index is -3.62. The number of fused-ring (bicyclic) bond motifs is 1. The minimum absolute atomic E-state index is 0.0131. The number of amides is 1. The SMILES string of the molecule is O=C(C1CCN(Cc2ccncc2)CC1)N1CCN(S(=O)(=O)c2ccc3cc(Cl)ccc3c2)CC1. The summed E-state index contributed by atoms with van der Waals surface area (Å²) >= 11 is 6.04. The van der Waals surface area contributed by atoms with Crippen LogP contribution in [0.1, 0.15) is 18.4 Å². The number of nitrogens with zero attached hydrogens (tertiary/aromatic N) is 4. The van der Waals surface area contributed by atoms with Gasteiger partial charge in [0, 0.05) is 56.1 Å². The minimum Gasteiger partial charge on any atom is -0.340 e. The Morgan fingerprint density at radius 1 is 0.886 bits per heavy atom. The summed E-state index contributed by atoms with van der Waals surface area (Å²) in [4.78, 5) is 21.7. The number of sulfonamides is 1. The Bertz CT molecular complexity index is 1300. The van der Waals surface area contributed by atoms with Gasteiger partial charge in [-0.1, -0.05) is 23.7 Å². The van der Waals surface area contributed by atoms with Crippen LogP contribution in [0.3, 0.4) is 0 Å². The number of pyridine rings is 1. The van der Waals surface area contributed by atoms with Crippen LogP contribution in [0.2, 0.25) is 5.02 Å². The number of carbonyl (C=O) groups is 1. The molecule has 1 aromatic heterocycles. The molecule has 35 heavy (non-hydrogen) atoms. The molecule has 2 aromatic carbocycles. The standard InChI is InChI=1S/C26H29ClN4O3S/c27-24-3-1-23-18-25(4-2-22(23)17-24)35(33,34)31-15-13-30(14-16-31)26(32)21-7-11-29(12-8-21)19-20-5-9-28-10-6-20/h1-6,9-10,17-18,21H,7-8,11-16,19H2. The van der Waals surface area contributed by atoms with Gasteiger partial charge in [-0.2, -0.15) is 4.31 Å². The van der Waals surface area contributed by atoms with E-state index in [4.69, 9.17) is 11.6 Å². The van der Waals surface area contributed by atoms with Gasteiger partial charge < -0.3 is 4.90 Å². The molecule has 5 rings (SSSR count). The average Bonchev–Trinajstić information content (AvgIpc) is 2.89. The van der Waals surface area contributed by atoms with E-state index in [1.807, 2.05) is 41.6 Å². The first-order valence-corrected chi connectivity index (χ1v) is 13.8. The zero-order valence-electron chi connectivity index (χ0n) is 19.5. The predicted molar refractivity (Wildman–Crippen MR) is 137 cm³/mol. The molecule has 9 heteroatoms. The number of halogens is 1. The highest BCUT2D eigenvalue weighted by Gasteiger charge is 2.34. The second-order valence-corrected chi connectivity index (χ2v) is 11.7. The van der Waals surface area contributed by atoms with Crippen molar-refractivity contribution in [3.8, 4) is 0 Å². The van der Waals surface area contributed by atoms with Gasteiger partial charge in [0.05, 0.1) is 4.90 Å². The van der Waals surface area contributed by atoms with Crippen molar-refractivity contribution < 1.29 is 13.2 Å². The van der Waals surface area contributed by atoms with Gasteiger partial charge in [-0.25, -0.2) is 8.42 Å². The van der Waals surface area contributed by atoms with Crippen LogP contribution in [0.25, 0.3) is 10.8 Å². The van der Waals surface area contributed by atoms with Gasteiger partial charge in [-0.05, 0) is 78.7 Å². The Kier molecular flexibility index (Phi) is 7.07. The normalized spacial score (nSPS) is 18.7. The van der Waals surface area contributed by atoms with Crippen molar-refractivity contribution >= 4 is 38.3 Å². The molecule has 2 saturated heterocycles. The van der Waals surface area contributed by atoms with Gasteiger partial charge in [0.25, 0.3) is 0 Å². The lowest BCUT2D eigenvalue weighted by Gasteiger charge is -2.38. The molecule has 7 nitrogen and oxygen atoms in total. The second kappa shape index (κ2) is 10.2. The third-order valence-corrected chi connectivity index (χ3v) is 9.18.